The second-order valence-electron chi connectivity index (χ2n) is 5.24. The first kappa shape index (κ1) is 17.1. The van der Waals surface area contributed by atoms with E-state index in [-0.39, 0.29) is 11.4 Å². The Morgan fingerprint density at radius 2 is 1.80 bits per heavy atom. The predicted molar refractivity (Wildman–Crippen MR) is 76.7 cm³/mol. The number of halogens is 1. The molecule has 1 N–H and O–H groups in total. The molecule has 0 heterocycles. The van der Waals surface area contributed by atoms with Gasteiger partial charge >= 0.3 is 0 Å². The first-order valence-electron chi connectivity index (χ1n) is 6.58. The van der Waals surface area contributed by atoms with E-state index < -0.39 is 15.8 Å². The maximum atomic E-state index is 13.2. The highest BCUT2D eigenvalue weighted by Crippen LogP contribution is 2.20. The van der Waals surface area contributed by atoms with Crippen LogP contribution in [0.4, 0.5) is 4.39 Å². The molecule has 0 saturated heterocycles. The van der Waals surface area contributed by atoms with Gasteiger partial charge in [-0.05, 0) is 43.0 Å². The number of hydrogen-bond acceptors (Lipinski definition) is 3. The lowest BCUT2D eigenvalue weighted by atomic mass is 10.1. The molecule has 1 aromatic rings. The quantitative estimate of drug-likeness (QED) is 0.787. The van der Waals surface area contributed by atoms with E-state index in [9.17, 15) is 12.8 Å². The normalized spacial score (nSPS) is 12.1. The van der Waals surface area contributed by atoms with Crippen LogP contribution >= 0.6 is 0 Å². The molecule has 0 saturated carbocycles. The van der Waals surface area contributed by atoms with Gasteiger partial charge in [0.25, 0.3) is 0 Å². The van der Waals surface area contributed by atoms with E-state index in [4.69, 9.17) is 4.74 Å². The number of benzene rings is 1. The summed E-state index contributed by atoms with van der Waals surface area (Å²) in [5.41, 5.74) is 0.802. The topological polar surface area (TPSA) is 55.4 Å². The van der Waals surface area contributed by atoms with Gasteiger partial charge in [-0.3, -0.25) is 0 Å². The number of rotatable bonds is 7. The molecule has 1 aromatic carbocycles. The van der Waals surface area contributed by atoms with Gasteiger partial charge in [-0.15, -0.1) is 0 Å². The molecule has 0 amide bonds. The first-order valence-corrected chi connectivity index (χ1v) is 8.06. The van der Waals surface area contributed by atoms with Crippen LogP contribution in [0.5, 0.6) is 0 Å². The van der Waals surface area contributed by atoms with Crippen molar-refractivity contribution >= 4 is 10.0 Å². The van der Waals surface area contributed by atoms with Gasteiger partial charge in [-0.1, -0.05) is 13.8 Å². The van der Waals surface area contributed by atoms with Crippen LogP contribution in [0.3, 0.4) is 0 Å². The highest BCUT2D eigenvalue weighted by Gasteiger charge is 2.19. The van der Waals surface area contributed by atoms with Crippen molar-refractivity contribution < 1.29 is 17.5 Å². The molecule has 0 atom stereocenters. The van der Waals surface area contributed by atoms with Crippen molar-refractivity contribution in [2.45, 2.75) is 32.6 Å². The zero-order valence-electron chi connectivity index (χ0n) is 12.4. The molecule has 114 valence electrons. The van der Waals surface area contributed by atoms with Crippen molar-refractivity contribution in [2.75, 3.05) is 19.8 Å². The molecule has 0 aliphatic heterocycles. The first-order chi connectivity index (χ1) is 9.24. The summed E-state index contributed by atoms with van der Waals surface area (Å²) in [6.45, 7) is 8.32. The third kappa shape index (κ3) is 4.85. The molecule has 0 fully saturated rings. The Hall–Kier alpha value is -0.980. The Bertz CT molecular complexity index is 533. The van der Waals surface area contributed by atoms with E-state index >= 15 is 0 Å². The van der Waals surface area contributed by atoms with Gasteiger partial charge in [-0.2, -0.15) is 0 Å². The SMILES string of the molecule is Cc1cc(F)cc(C)c1S(=O)(=O)NCCOCC(C)C. The van der Waals surface area contributed by atoms with Crippen LogP contribution in [0.15, 0.2) is 17.0 Å². The molecular formula is C14H22FNO3S. The van der Waals surface area contributed by atoms with Crippen LogP contribution < -0.4 is 4.72 Å². The smallest absolute Gasteiger partial charge is 0.241 e. The van der Waals surface area contributed by atoms with Crippen LogP contribution in [-0.2, 0) is 14.8 Å². The van der Waals surface area contributed by atoms with Gasteiger partial charge in [0.1, 0.15) is 5.82 Å². The van der Waals surface area contributed by atoms with Crippen molar-refractivity contribution in [3.63, 3.8) is 0 Å². The lowest BCUT2D eigenvalue weighted by Gasteiger charge is -2.13. The number of sulfonamides is 1. The van der Waals surface area contributed by atoms with Crippen LogP contribution in [0.25, 0.3) is 0 Å². The molecule has 0 aliphatic carbocycles. The minimum atomic E-state index is -3.64. The Morgan fingerprint density at radius 3 is 2.30 bits per heavy atom. The molecule has 20 heavy (non-hydrogen) atoms. The van der Waals surface area contributed by atoms with Crippen LogP contribution in [0, 0.1) is 25.6 Å². The van der Waals surface area contributed by atoms with Gasteiger partial charge < -0.3 is 4.74 Å². The van der Waals surface area contributed by atoms with Gasteiger partial charge in [0.15, 0.2) is 0 Å². The molecule has 0 unspecified atom stereocenters. The highest BCUT2D eigenvalue weighted by molar-refractivity contribution is 7.89. The van der Waals surface area contributed by atoms with Crippen molar-refractivity contribution in [2.24, 2.45) is 5.92 Å². The fourth-order valence-corrected chi connectivity index (χ4v) is 3.42. The van der Waals surface area contributed by atoms with E-state index in [1.54, 1.807) is 13.8 Å². The summed E-state index contributed by atoms with van der Waals surface area (Å²) in [7, 11) is -3.64. The molecule has 6 heteroatoms. The number of nitrogens with one attached hydrogen (secondary N) is 1. The monoisotopic (exact) mass is 303 g/mol. The third-order valence-corrected chi connectivity index (χ3v) is 4.45. The molecule has 1 rings (SSSR count). The third-order valence-electron chi connectivity index (χ3n) is 2.68. The zero-order valence-corrected chi connectivity index (χ0v) is 13.2. The number of hydrogen-bond donors (Lipinski definition) is 1. The number of aryl methyl sites for hydroxylation is 2. The average molecular weight is 303 g/mol. The molecule has 0 aromatic heterocycles. The van der Waals surface area contributed by atoms with Gasteiger partial charge in [0.2, 0.25) is 10.0 Å². The van der Waals surface area contributed by atoms with E-state index in [0.29, 0.717) is 30.3 Å². The van der Waals surface area contributed by atoms with Crippen molar-refractivity contribution in [1.29, 1.82) is 0 Å². The van der Waals surface area contributed by atoms with Crippen LogP contribution in [-0.4, -0.2) is 28.2 Å². The van der Waals surface area contributed by atoms with Gasteiger partial charge in [-0.25, -0.2) is 17.5 Å². The lowest BCUT2D eigenvalue weighted by molar-refractivity contribution is 0.114. The standard InChI is InChI=1S/C14H22FNO3S/c1-10(2)9-19-6-5-16-20(17,18)14-11(3)7-13(15)8-12(14)4/h7-8,10,16H,5-6,9H2,1-4H3. The Labute approximate surface area is 120 Å². The molecule has 0 bridgehead atoms. The average Bonchev–Trinajstić information content (AvgIpc) is 2.25. The number of ether oxygens (including phenoxy) is 1. The maximum Gasteiger partial charge on any atom is 0.241 e. The van der Waals surface area contributed by atoms with Crippen LogP contribution in [0.2, 0.25) is 0 Å². The summed E-state index contributed by atoms with van der Waals surface area (Å²) in [6.07, 6.45) is 0. The maximum absolute atomic E-state index is 13.2. The minimum absolute atomic E-state index is 0.141. The molecule has 0 spiro atoms. The van der Waals surface area contributed by atoms with E-state index in [1.165, 1.54) is 12.1 Å². The van der Waals surface area contributed by atoms with Gasteiger partial charge in [0, 0.05) is 13.2 Å². The highest BCUT2D eigenvalue weighted by atomic mass is 32.2. The fraction of sp³-hybridized carbons (Fsp3) is 0.571. The van der Waals surface area contributed by atoms with E-state index in [2.05, 4.69) is 4.72 Å². The van der Waals surface area contributed by atoms with Crippen molar-refractivity contribution in [1.82, 2.24) is 4.72 Å². The second kappa shape index (κ2) is 7.15. The summed E-state index contributed by atoms with van der Waals surface area (Å²) in [4.78, 5) is 0.141. The Balaban J connectivity index is 2.70. The van der Waals surface area contributed by atoms with Crippen molar-refractivity contribution in [3.8, 4) is 0 Å². The Kier molecular flexibility index (Phi) is 6.10. The van der Waals surface area contributed by atoms with Crippen molar-refractivity contribution in [3.05, 3.63) is 29.1 Å². The zero-order chi connectivity index (χ0) is 15.3. The van der Waals surface area contributed by atoms with E-state index in [0.717, 1.165) is 0 Å². The van der Waals surface area contributed by atoms with E-state index in [1.807, 2.05) is 13.8 Å². The predicted octanol–water partition coefficient (Wildman–Crippen LogP) is 2.39. The summed E-state index contributed by atoms with van der Waals surface area (Å²) in [6, 6.07) is 2.44. The summed E-state index contributed by atoms with van der Waals surface area (Å²) < 4.78 is 45.4. The fourth-order valence-electron chi connectivity index (χ4n) is 1.96. The summed E-state index contributed by atoms with van der Waals surface area (Å²) >= 11 is 0. The second-order valence-corrected chi connectivity index (χ2v) is 6.94. The van der Waals surface area contributed by atoms with Crippen LogP contribution in [0.1, 0.15) is 25.0 Å². The summed E-state index contributed by atoms with van der Waals surface area (Å²) in [5.74, 6) is -0.0209. The van der Waals surface area contributed by atoms with Gasteiger partial charge in [0.05, 0.1) is 11.5 Å². The molecule has 4 nitrogen and oxygen atoms in total. The Morgan fingerprint density at radius 1 is 1.25 bits per heavy atom. The molecule has 0 aliphatic rings. The largest absolute Gasteiger partial charge is 0.380 e. The summed E-state index contributed by atoms with van der Waals surface area (Å²) in [5, 5.41) is 0. The lowest BCUT2D eigenvalue weighted by Crippen LogP contribution is -2.29. The molecular weight excluding hydrogens is 281 g/mol. The molecule has 0 radical (unpaired) electrons. The minimum Gasteiger partial charge on any atom is -0.380 e.